The number of likely N-dealkylation sites (N-methyl/N-ethyl adjacent to an activating group) is 1. The Morgan fingerprint density at radius 2 is 2.26 bits per heavy atom. The van der Waals surface area contributed by atoms with E-state index in [1.54, 1.807) is 6.07 Å². The molecule has 1 aromatic rings. The highest BCUT2D eigenvalue weighted by Gasteiger charge is 2.26. The van der Waals surface area contributed by atoms with Crippen molar-refractivity contribution in [3.63, 3.8) is 0 Å². The van der Waals surface area contributed by atoms with Gasteiger partial charge in [-0.3, -0.25) is 0 Å². The van der Waals surface area contributed by atoms with E-state index in [0.717, 1.165) is 25.2 Å². The summed E-state index contributed by atoms with van der Waals surface area (Å²) in [4.78, 5) is 4.44. The molecule has 0 spiro atoms. The van der Waals surface area contributed by atoms with E-state index in [1.807, 2.05) is 12.1 Å². The summed E-state index contributed by atoms with van der Waals surface area (Å²) in [6, 6.07) is 6.10. The lowest BCUT2D eigenvalue weighted by molar-refractivity contribution is 0.315. The molecule has 0 radical (unpaired) electrons. The first-order chi connectivity index (χ1) is 9.04. The number of oxime groups is 1. The molecule has 0 bridgehead atoms. The minimum absolute atomic E-state index is 0.0499. The third-order valence-corrected chi connectivity index (χ3v) is 3.90. The lowest BCUT2D eigenvalue weighted by Gasteiger charge is -2.24. The van der Waals surface area contributed by atoms with Crippen LogP contribution in [-0.2, 0) is 0 Å². The normalized spacial score (nSPS) is 20.3. The Kier molecular flexibility index (Phi) is 4.17. The quantitative estimate of drug-likeness (QED) is 0.382. The van der Waals surface area contributed by atoms with Crippen LogP contribution in [0.3, 0.4) is 0 Å². The van der Waals surface area contributed by atoms with Gasteiger partial charge >= 0.3 is 0 Å². The molecule has 0 amide bonds. The van der Waals surface area contributed by atoms with Crippen LogP contribution >= 0.6 is 11.6 Å². The van der Waals surface area contributed by atoms with Crippen molar-refractivity contribution in [2.24, 2.45) is 10.9 Å². The smallest absolute Gasteiger partial charge is 0.173 e. The van der Waals surface area contributed by atoms with Crippen LogP contribution in [0.2, 0.25) is 5.02 Å². The molecule has 2 rings (SSSR count). The molecule has 0 aliphatic carbocycles. The van der Waals surface area contributed by atoms with E-state index >= 15 is 0 Å². The van der Waals surface area contributed by atoms with Crippen LogP contribution in [0.25, 0.3) is 0 Å². The van der Waals surface area contributed by atoms with E-state index in [0.29, 0.717) is 16.6 Å². The number of anilines is 1. The Morgan fingerprint density at radius 1 is 1.53 bits per heavy atom. The van der Waals surface area contributed by atoms with Crippen molar-refractivity contribution >= 4 is 23.1 Å². The van der Waals surface area contributed by atoms with Crippen LogP contribution < -0.4 is 10.6 Å². The summed E-state index contributed by atoms with van der Waals surface area (Å²) in [7, 11) is 4.16. The van der Waals surface area contributed by atoms with Crippen molar-refractivity contribution in [1.29, 1.82) is 0 Å². The van der Waals surface area contributed by atoms with Gasteiger partial charge < -0.3 is 20.7 Å². The van der Waals surface area contributed by atoms with E-state index in [2.05, 4.69) is 29.1 Å². The fourth-order valence-electron chi connectivity index (χ4n) is 2.46. The highest BCUT2D eigenvalue weighted by Crippen LogP contribution is 2.30. The third-order valence-electron chi connectivity index (χ3n) is 3.59. The van der Waals surface area contributed by atoms with Crippen molar-refractivity contribution < 1.29 is 5.21 Å². The van der Waals surface area contributed by atoms with E-state index in [9.17, 15) is 0 Å². The first kappa shape index (κ1) is 14.0. The summed E-state index contributed by atoms with van der Waals surface area (Å²) >= 11 is 6.17. The maximum absolute atomic E-state index is 8.90. The van der Waals surface area contributed by atoms with Crippen molar-refractivity contribution in [3.8, 4) is 0 Å². The maximum Gasteiger partial charge on any atom is 0.173 e. The molecule has 5 nitrogen and oxygen atoms in total. The number of nitrogens with zero attached hydrogens (tertiary/aromatic N) is 3. The second kappa shape index (κ2) is 5.67. The fourth-order valence-corrected chi connectivity index (χ4v) is 2.73. The second-order valence-electron chi connectivity index (χ2n) is 4.97. The minimum Gasteiger partial charge on any atom is -0.409 e. The molecule has 19 heavy (non-hydrogen) atoms. The van der Waals surface area contributed by atoms with E-state index < -0.39 is 0 Å². The van der Waals surface area contributed by atoms with E-state index in [1.165, 1.54) is 0 Å². The first-order valence-corrected chi connectivity index (χ1v) is 6.60. The Hall–Kier alpha value is -1.46. The van der Waals surface area contributed by atoms with Gasteiger partial charge in [0.05, 0.1) is 10.6 Å². The SMILES string of the molecule is CN(C)C1CCN(c2cccc(Cl)c2C(N)=NO)C1. The zero-order valence-electron chi connectivity index (χ0n) is 11.2. The van der Waals surface area contributed by atoms with Crippen LogP contribution in [-0.4, -0.2) is 49.2 Å². The number of hydrogen-bond acceptors (Lipinski definition) is 4. The molecule has 104 valence electrons. The molecular formula is C13H19ClN4O. The average Bonchev–Trinajstić information content (AvgIpc) is 2.87. The fraction of sp³-hybridized carbons (Fsp3) is 0.462. The number of nitrogens with two attached hydrogens (primary N) is 1. The van der Waals surface area contributed by atoms with Gasteiger partial charge in [0.25, 0.3) is 0 Å². The van der Waals surface area contributed by atoms with Crippen LogP contribution in [0.15, 0.2) is 23.4 Å². The predicted octanol–water partition coefficient (Wildman–Crippen LogP) is 1.57. The molecule has 0 aromatic heterocycles. The molecule has 0 saturated carbocycles. The van der Waals surface area contributed by atoms with Crippen molar-refractivity contribution in [2.75, 3.05) is 32.1 Å². The zero-order valence-corrected chi connectivity index (χ0v) is 11.9. The molecule has 1 saturated heterocycles. The highest BCUT2D eigenvalue weighted by atomic mass is 35.5. The van der Waals surface area contributed by atoms with Gasteiger partial charge in [-0.05, 0) is 32.6 Å². The Labute approximate surface area is 118 Å². The molecule has 1 atom stereocenters. The Balaban J connectivity index is 2.33. The molecule has 1 heterocycles. The summed E-state index contributed by atoms with van der Waals surface area (Å²) in [5.74, 6) is 0.0499. The van der Waals surface area contributed by atoms with Gasteiger partial charge in [0, 0.05) is 24.8 Å². The van der Waals surface area contributed by atoms with Gasteiger partial charge in [-0.25, -0.2) is 0 Å². The van der Waals surface area contributed by atoms with Gasteiger partial charge in [-0.15, -0.1) is 0 Å². The summed E-state index contributed by atoms with van der Waals surface area (Å²) in [5, 5.41) is 12.5. The molecule has 1 fully saturated rings. The van der Waals surface area contributed by atoms with Crippen LogP contribution in [0, 0.1) is 0 Å². The highest BCUT2D eigenvalue weighted by molar-refractivity contribution is 6.34. The lowest BCUT2D eigenvalue weighted by Crippen LogP contribution is -2.32. The molecular weight excluding hydrogens is 264 g/mol. The minimum atomic E-state index is 0.0499. The van der Waals surface area contributed by atoms with Crippen LogP contribution in [0.4, 0.5) is 5.69 Å². The number of hydrogen-bond donors (Lipinski definition) is 2. The maximum atomic E-state index is 8.90. The molecule has 1 aromatic carbocycles. The molecule has 3 N–H and O–H groups in total. The summed E-state index contributed by atoms with van der Waals surface area (Å²) in [6.45, 7) is 1.86. The monoisotopic (exact) mass is 282 g/mol. The van der Waals surface area contributed by atoms with Gasteiger partial charge in [0.15, 0.2) is 5.84 Å². The van der Waals surface area contributed by atoms with E-state index in [4.69, 9.17) is 22.5 Å². The summed E-state index contributed by atoms with van der Waals surface area (Å²) in [6.07, 6.45) is 1.09. The average molecular weight is 283 g/mol. The molecule has 1 aliphatic rings. The number of amidine groups is 1. The number of benzene rings is 1. The van der Waals surface area contributed by atoms with Gasteiger partial charge in [0.1, 0.15) is 0 Å². The van der Waals surface area contributed by atoms with Gasteiger partial charge in [-0.2, -0.15) is 0 Å². The van der Waals surface area contributed by atoms with Crippen LogP contribution in [0.5, 0.6) is 0 Å². The predicted molar refractivity (Wildman–Crippen MR) is 78.3 cm³/mol. The largest absolute Gasteiger partial charge is 0.409 e. The second-order valence-corrected chi connectivity index (χ2v) is 5.38. The van der Waals surface area contributed by atoms with E-state index in [-0.39, 0.29) is 5.84 Å². The lowest BCUT2D eigenvalue weighted by atomic mass is 10.1. The summed E-state index contributed by atoms with van der Waals surface area (Å²) < 4.78 is 0. The van der Waals surface area contributed by atoms with Gasteiger partial charge in [-0.1, -0.05) is 22.8 Å². The van der Waals surface area contributed by atoms with Crippen molar-refractivity contribution in [1.82, 2.24) is 4.90 Å². The third kappa shape index (κ3) is 2.77. The molecule has 1 aliphatic heterocycles. The first-order valence-electron chi connectivity index (χ1n) is 6.22. The van der Waals surface area contributed by atoms with Crippen molar-refractivity contribution in [2.45, 2.75) is 12.5 Å². The van der Waals surface area contributed by atoms with Gasteiger partial charge in [0.2, 0.25) is 0 Å². The molecule has 1 unspecified atom stereocenters. The summed E-state index contributed by atoms with van der Waals surface area (Å²) in [5.41, 5.74) is 7.26. The van der Waals surface area contributed by atoms with Crippen LogP contribution in [0.1, 0.15) is 12.0 Å². The zero-order chi connectivity index (χ0) is 14.0. The number of halogens is 1. The Morgan fingerprint density at radius 3 is 2.84 bits per heavy atom. The Bertz CT molecular complexity index is 490. The topological polar surface area (TPSA) is 65.1 Å². The number of rotatable bonds is 3. The molecule has 6 heteroatoms. The standard InChI is InChI=1S/C13H19ClN4O/c1-17(2)9-6-7-18(8-9)11-5-3-4-10(14)12(11)13(15)16-19/h3-5,9,19H,6-8H2,1-2H3,(H2,15,16). The van der Waals surface area contributed by atoms with Crippen molar-refractivity contribution in [3.05, 3.63) is 28.8 Å².